The van der Waals surface area contributed by atoms with Crippen molar-refractivity contribution >= 4 is 7.82 Å². The molecule has 2 aromatic carbocycles. The standard InChI is InChI=1S/C12H11O4P.3K.3H/c13-17(14,15-11-7-3-1-4-8-11)16-12-9-5-2-6-10-12;;;;;;/h1-10H,(H,13,14);;;;;;/q;3*+1;3*-1. The van der Waals surface area contributed by atoms with Gasteiger partial charge in [-0.2, -0.15) is 0 Å². The minimum absolute atomic E-state index is 0. The second-order valence-corrected chi connectivity index (χ2v) is 4.58. The molecule has 0 aliphatic heterocycles. The van der Waals surface area contributed by atoms with Crippen LogP contribution in [0, 0.1) is 0 Å². The molecule has 0 aliphatic carbocycles. The van der Waals surface area contributed by atoms with Crippen LogP contribution in [0.5, 0.6) is 11.5 Å². The predicted octanol–water partition coefficient (Wildman–Crippen LogP) is -5.41. The minimum Gasteiger partial charge on any atom is -1.00 e. The van der Waals surface area contributed by atoms with Crippen molar-refractivity contribution in [2.45, 2.75) is 0 Å². The largest absolute Gasteiger partial charge is 1.00 e. The first kappa shape index (κ1) is 25.4. The molecule has 0 saturated carbocycles. The first-order chi connectivity index (χ1) is 8.16. The van der Waals surface area contributed by atoms with Gasteiger partial charge in [0.05, 0.1) is 0 Å². The molecule has 0 unspecified atom stereocenters. The maximum atomic E-state index is 11.7. The third-order valence-electron chi connectivity index (χ3n) is 1.93. The van der Waals surface area contributed by atoms with Gasteiger partial charge < -0.3 is 13.3 Å². The van der Waals surface area contributed by atoms with Crippen molar-refractivity contribution < 1.29 is 177 Å². The molecule has 2 rings (SSSR count). The molecule has 8 heteroatoms. The Labute approximate surface area is 250 Å². The smallest absolute Gasteiger partial charge is 1.00 e. The van der Waals surface area contributed by atoms with Gasteiger partial charge in [0.25, 0.3) is 0 Å². The van der Waals surface area contributed by atoms with Crippen LogP contribution in [0.1, 0.15) is 4.28 Å². The molecular weight excluding hydrogens is 356 g/mol. The van der Waals surface area contributed by atoms with E-state index in [0.717, 1.165) is 0 Å². The molecule has 2 aromatic rings. The van der Waals surface area contributed by atoms with Crippen LogP contribution in [0.15, 0.2) is 60.7 Å². The van der Waals surface area contributed by atoms with Crippen molar-refractivity contribution in [2.24, 2.45) is 0 Å². The van der Waals surface area contributed by atoms with E-state index < -0.39 is 7.82 Å². The predicted molar refractivity (Wildman–Crippen MR) is 67.3 cm³/mol. The Morgan fingerprint density at radius 1 is 0.750 bits per heavy atom. The first-order valence-corrected chi connectivity index (χ1v) is 6.47. The van der Waals surface area contributed by atoms with Crippen LogP contribution in [0.3, 0.4) is 0 Å². The van der Waals surface area contributed by atoms with Gasteiger partial charge in [0.15, 0.2) is 0 Å². The third kappa shape index (κ3) is 10.1. The van der Waals surface area contributed by atoms with Crippen LogP contribution in [0.25, 0.3) is 0 Å². The summed E-state index contributed by atoms with van der Waals surface area (Å²) in [6.45, 7) is 0. The van der Waals surface area contributed by atoms with Gasteiger partial charge in [-0.1, -0.05) is 36.4 Å². The summed E-state index contributed by atoms with van der Waals surface area (Å²) in [7, 11) is -4.14. The van der Waals surface area contributed by atoms with E-state index in [1.54, 1.807) is 60.7 Å². The molecule has 94 valence electrons. The average molecular weight is 371 g/mol. The Hall–Kier alpha value is 3.14. The molecule has 0 aliphatic rings. The second-order valence-electron chi connectivity index (χ2n) is 3.28. The summed E-state index contributed by atoms with van der Waals surface area (Å²) in [5.41, 5.74) is 0. The van der Waals surface area contributed by atoms with E-state index in [9.17, 15) is 9.46 Å². The van der Waals surface area contributed by atoms with Gasteiger partial charge in [-0.05, 0) is 24.3 Å². The molecule has 0 bridgehead atoms. The average Bonchev–Trinajstić information content (AvgIpc) is 2.30. The number of para-hydroxylation sites is 2. The van der Waals surface area contributed by atoms with E-state index >= 15 is 0 Å². The minimum atomic E-state index is -4.14. The van der Waals surface area contributed by atoms with Gasteiger partial charge in [0.1, 0.15) is 11.5 Å². The number of hydrogen-bond acceptors (Lipinski definition) is 3. The fraction of sp³-hybridized carbons (Fsp3) is 0. The summed E-state index contributed by atoms with van der Waals surface area (Å²) < 4.78 is 21.5. The molecule has 0 saturated heterocycles. The number of rotatable bonds is 4. The van der Waals surface area contributed by atoms with E-state index in [1.165, 1.54) is 0 Å². The molecular formula is C12H14K3O4P. The van der Waals surface area contributed by atoms with Crippen LogP contribution in [0.2, 0.25) is 0 Å². The summed E-state index contributed by atoms with van der Waals surface area (Å²) in [5.74, 6) is 0.573. The van der Waals surface area contributed by atoms with Crippen LogP contribution < -0.4 is 163 Å². The van der Waals surface area contributed by atoms with Crippen LogP contribution in [-0.2, 0) is 4.57 Å². The van der Waals surface area contributed by atoms with Gasteiger partial charge in [-0.3, -0.25) is 4.89 Å². The molecule has 4 nitrogen and oxygen atoms in total. The zero-order valence-electron chi connectivity index (χ0n) is 14.9. The van der Waals surface area contributed by atoms with Crippen molar-refractivity contribution in [3.63, 3.8) is 0 Å². The van der Waals surface area contributed by atoms with Crippen molar-refractivity contribution in [1.29, 1.82) is 0 Å². The Kier molecular flexibility index (Phi) is 17.0. The summed E-state index contributed by atoms with van der Waals surface area (Å²) in [4.78, 5) is 9.53. The Morgan fingerprint density at radius 2 is 1.05 bits per heavy atom. The Balaban J connectivity index is -0.000000180. The maximum Gasteiger partial charge on any atom is 1.00 e. The molecule has 0 atom stereocenters. The monoisotopic (exact) mass is 370 g/mol. The number of phosphoric ester groups is 1. The molecule has 1 N–H and O–H groups in total. The summed E-state index contributed by atoms with van der Waals surface area (Å²) in [5, 5.41) is 0. The van der Waals surface area contributed by atoms with Gasteiger partial charge in [-0.25, -0.2) is 4.57 Å². The van der Waals surface area contributed by atoms with Crippen LogP contribution in [0.4, 0.5) is 0 Å². The Bertz CT molecular complexity index is 492. The maximum absolute atomic E-state index is 11.7. The van der Waals surface area contributed by atoms with Gasteiger partial charge in [0.2, 0.25) is 0 Å². The fourth-order valence-electron chi connectivity index (χ4n) is 1.25. The topological polar surface area (TPSA) is 55.8 Å². The molecule has 20 heavy (non-hydrogen) atoms. The summed E-state index contributed by atoms with van der Waals surface area (Å²) in [6, 6.07) is 16.7. The zero-order chi connectivity index (χ0) is 12.1. The molecule has 0 spiro atoms. The Morgan fingerprint density at radius 3 is 1.35 bits per heavy atom. The van der Waals surface area contributed by atoms with Crippen molar-refractivity contribution in [3.8, 4) is 11.5 Å². The van der Waals surface area contributed by atoms with E-state index in [0.29, 0.717) is 0 Å². The van der Waals surface area contributed by atoms with Gasteiger partial charge >= 0.3 is 162 Å². The van der Waals surface area contributed by atoms with Crippen LogP contribution in [-0.4, -0.2) is 4.89 Å². The molecule has 0 aromatic heterocycles. The van der Waals surface area contributed by atoms with Crippen LogP contribution >= 0.6 is 7.82 Å². The van der Waals surface area contributed by atoms with Gasteiger partial charge in [-0.15, -0.1) is 0 Å². The normalized spacial score (nSPS) is 9.25. The van der Waals surface area contributed by atoms with E-state index in [-0.39, 0.29) is 170 Å². The summed E-state index contributed by atoms with van der Waals surface area (Å²) >= 11 is 0. The van der Waals surface area contributed by atoms with E-state index in [1.807, 2.05) is 0 Å². The molecule has 0 heterocycles. The zero-order valence-corrected chi connectivity index (χ0v) is 22.2. The molecule has 0 fully saturated rings. The first-order valence-electron chi connectivity index (χ1n) is 4.98. The third-order valence-corrected chi connectivity index (χ3v) is 2.81. The van der Waals surface area contributed by atoms with E-state index in [4.69, 9.17) is 9.05 Å². The van der Waals surface area contributed by atoms with E-state index in [2.05, 4.69) is 0 Å². The van der Waals surface area contributed by atoms with Crippen molar-refractivity contribution in [2.75, 3.05) is 0 Å². The fourth-order valence-corrected chi connectivity index (χ4v) is 2.06. The number of phosphoric acid groups is 1. The molecule has 0 radical (unpaired) electrons. The molecule has 0 amide bonds. The van der Waals surface area contributed by atoms with Gasteiger partial charge in [0, 0.05) is 0 Å². The van der Waals surface area contributed by atoms with Crippen molar-refractivity contribution in [3.05, 3.63) is 60.7 Å². The van der Waals surface area contributed by atoms with Crippen molar-refractivity contribution in [1.82, 2.24) is 0 Å². The quantitative estimate of drug-likeness (QED) is 0.431. The number of hydrogen-bond donors (Lipinski definition) is 1. The second kappa shape index (κ2) is 13.4. The number of benzene rings is 2. The SMILES string of the molecule is O=P(O)(Oc1ccccc1)Oc1ccccc1.[H-].[H-].[H-].[K+].[K+].[K+]. The summed E-state index contributed by atoms with van der Waals surface area (Å²) in [6.07, 6.45) is 0.